The second kappa shape index (κ2) is 12.1. The molecule has 0 amide bonds. The summed E-state index contributed by atoms with van der Waals surface area (Å²) in [7, 11) is 0. The van der Waals surface area contributed by atoms with Gasteiger partial charge in [-0.05, 0) is 71.9 Å². The van der Waals surface area contributed by atoms with Gasteiger partial charge in [0.15, 0.2) is 11.6 Å². The zero-order valence-electron chi connectivity index (χ0n) is 20.3. The lowest BCUT2D eigenvalue weighted by molar-refractivity contribution is 0.505. The summed E-state index contributed by atoms with van der Waals surface area (Å²) >= 11 is 0. The van der Waals surface area contributed by atoms with Gasteiger partial charge in [0, 0.05) is 5.56 Å². The van der Waals surface area contributed by atoms with E-state index in [1.54, 1.807) is 12.1 Å². The number of rotatable bonds is 10. The Labute approximate surface area is 203 Å². The third-order valence-electron chi connectivity index (χ3n) is 7.20. The molecular formula is C32H36F2. The highest BCUT2D eigenvalue weighted by atomic mass is 19.2. The maximum absolute atomic E-state index is 14.1. The largest absolute Gasteiger partial charge is 0.204 e. The average molecular weight is 459 g/mol. The number of aryl methyl sites for hydroxylation is 1. The van der Waals surface area contributed by atoms with Crippen molar-refractivity contribution >= 4 is 5.57 Å². The van der Waals surface area contributed by atoms with Crippen LogP contribution in [0.15, 0.2) is 72.8 Å². The van der Waals surface area contributed by atoms with Crippen LogP contribution in [0.25, 0.3) is 16.7 Å². The van der Waals surface area contributed by atoms with Crippen molar-refractivity contribution in [2.75, 3.05) is 0 Å². The molecule has 3 aromatic rings. The number of allylic oxidation sites excluding steroid dienone is 2. The number of halogens is 2. The quantitative estimate of drug-likeness (QED) is 0.265. The molecule has 178 valence electrons. The second-order valence-electron chi connectivity index (χ2n) is 9.64. The Bertz CT molecular complexity index is 1080. The molecule has 1 aliphatic rings. The Balaban J connectivity index is 1.32. The van der Waals surface area contributed by atoms with E-state index < -0.39 is 11.6 Å². The van der Waals surface area contributed by atoms with Crippen LogP contribution in [0.2, 0.25) is 0 Å². The minimum atomic E-state index is -0.772. The van der Waals surface area contributed by atoms with E-state index in [2.05, 4.69) is 61.5 Å². The van der Waals surface area contributed by atoms with Gasteiger partial charge in [-0.3, -0.25) is 0 Å². The zero-order valence-corrected chi connectivity index (χ0v) is 20.3. The molecule has 0 spiro atoms. The van der Waals surface area contributed by atoms with Crippen LogP contribution >= 0.6 is 0 Å². The van der Waals surface area contributed by atoms with Crippen molar-refractivity contribution in [2.45, 2.75) is 77.0 Å². The van der Waals surface area contributed by atoms with Crippen LogP contribution in [-0.4, -0.2) is 0 Å². The second-order valence-corrected chi connectivity index (χ2v) is 9.64. The van der Waals surface area contributed by atoms with Crippen LogP contribution in [0.4, 0.5) is 8.78 Å². The third kappa shape index (κ3) is 6.23. The van der Waals surface area contributed by atoms with Crippen LogP contribution in [-0.2, 0) is 6.42 Å². The average Bonchev–Trinajstić information content (AvgIpc) is 2.88. The molecule has 0 bridgehead atoms. The molecule has 1 unspecified atom stereocenters. The van der Waals surface area contributed by atoms with E-state index >= 15 is 0 Å². The Morgan fingerprint density at radius 1 is 0.765 bits per heavy atom. The summed E-state index contributed by atoms with van der Waals surface area (Å²) in [6.45, 7) is 2.26. The predicted molar refractivity (Wildman–Crippen MR) is 140 cm³/mol. The van der Waals surface area contributed by atoms with Gasteiger partial charge in [0.2, 0.25) is 0 Å². The molecule has 0 nitrogen and oxygen atoms in total. The van der Waals surface area contributed by atoms with E-state index in [1.165, 1.54) is 73.3 Å². The molecule has 0 saturated carbocycles. The van der Waals surface area contributed by atoms with Crippen LogP contribution in [0.5, 0.6) is 0 Å². The molecule has 4 rings (SSSR count). The van der Waals surface area contributed by atoms with Crippen molar-refractivity contribution in [2.24, 2.45) is 0 Å². The van der Waals surface area contributed by atoms with Gasteiger partial charge in [0.25, 0.3) is 0 Å². The fourth-order valence-corrected chi connectivity index (χ4v) is 5.05. The van der Waals surface area contributed by atoms with E-state index in [9.17, 15) is 8.78 Å². The van der Waals surface area contributed by atoms with E-state index in [0.29, 0.717) is 11.5 Å². The SMILES string of the molecule is CCCCCCCCc1ccc(-c2ccc(C3CC=C(c4cccc(F)c4F)CC3)cc2)cc1. The van der Waals surface area contributed by atoms with Gasteiger partial charge in [-0.15, -0.1) is 0 Å². The van der Waals surface area contributed by atoms with Crippen molar-refractivity contribution in [3.8, 4) is 11.1 Å². The first-order valence-corrected chi connectivity index (χ1v) is 13.0. The monoisotopic (exact) mass is 458 g/mol. The van der Waals surface area contributed by atoms with Crippen molar-refractivity contribution in [3.05, 3.63) is 101 Å². The van der Waals surface area contributed by atoms with Gasteiger partial charge in [0.05, 0.1) is 0 Å². The minimum absolute atomic E-state index is 0.411. The molecule has 0 N–H and O–H groups in total. The summed E-state index contributed by atoms with van der Waals surface area (Å²) in [6, 6.07) is 22.3. The highest BCUT2D eigenvalue weighted by Crippen LogP contribution is 2.37. The number of benzene rings is 3. The molecule has 0 radical (unpaired) electrons. The van der Waals surface area contributed by atoms with Gasteiger partial charge in [-0.2, -0.15) is 0 Å². The minimum Gasteiger partial charge on any atom is -0.204 e. The maximum atomic E-state index is 14.1. The topological polar surface area (TPSA) is 0 Å². The normalized spacial score (nSPS) is 15.9. The Morgan fingerprint density at radius 2 is 1.44 bits per heavy atom. The maximum Gasteiger partial charge on any atom is 0.166 e. The third-order valence-corrected chi connectivity index (χ3v) is 7.20. The fraction of sp³-hybridized carbons (Fsp3) is 0.375. The van der Waals surface area contributed by atoms with Gasteiger partial charge in [0.1, 0.15) is 0 Å². The molecule has 0 fully saturated rings. The van der Waals surface area contributed by atoms with Crippen LogP contribution in [0.3, 0.4) is 0 Å². The summed E-state index contributed by atoms with van der Waals surface area (Å²) in [6.07, 6.45) is 13.8. The van der Waals surface area contributed by atoms with E-state index in [4.69, 9.17) is 0 Å². The smallest absolute Gasteiger partial charge is 0.166 e. The van der Waals surface area contributed by atoms with E-state index in [0.717, 1.165) is 24.8 Å². The van der Waals surface area contributed by atoms with Crippen LogP contribution in [0.1, 0.15) is 87.3 Å². The standard InChI is InChI=1S/C32H36F2/c1-2-3-4-5-6-7-9-24-12-14-25(15-13-24)26-16-18-27(19-17-26)28-20-22-29(23-21-28)30-10-8-11-31(33)32(30)34/h8,10-19,22,28H,2-7,9,20-21,23H2,1H3. The van der Waals surface area contributed by atoms with Crippen LogP contribution in [0, 0.1) is 11.6 Å². The van der Waals surface area contributed by atoms with Crippen molar-refractivity contribution in [1.82, 2.24) is 0 Å². The predicted octanol–water partition coefficient (Wildman–Crippen LogP) is 9.89. The number of unbranched alkanes of at least 4 members (excludes halogenated alkanes) is 5. The van der Waals surface area contributed by atoms with Crippen molar-refractivity contribution in [1.29, 1.82) is 0 Å². The van der Waals surface area contributed by atoms with Gasteiger partial charge in [-0.1, -0.05) is 106 Å². The Hall–Kier alpha value is -2.74. The molecule has 3 aromatic carbocycles. The zero-order chi connectivity index (χ0) is 23.8. The molecule has 2 heteroatoms. The molecule has 1 aliphatic carbocycles. The first kappa shape index (κ1) is 24.4. The molecule has 0 saturated heterocycles. The van der Waals surface area contributed by atoms with Crippen molar-refractivity contribution < 1.29 is 8.78 Å². The molecule has 0 aliphatic heterocycles. The fourth-order valence-electron chi connectivity index (χ4n) is 5.05. The number of hydrogen-bond donors (Lipinski definition) is 0. The Kier molecular flexibility index (Phi) is 8.68. The highest BCUT2D eigenvalue weighted by Gasteiger charge is 2.20. The van der Waals surface area contributed by atoms with Crippen LogP contribution < -0.4 is 0 Å². The van der Waals surface area contributed by atoms with Crippen molar-refractivity contribution in [3.63, 3.8) is 0 Å². The molecule has 0 heterocycles. The Morgan fingerprint density at radius 3 is 2.12 bits per heavy atom. The number of hydrogen-bond acceptors (Lipinski definition) is 0. The summed E-state index contributed by atoms with van der Waals surface area (Å²) in [5.74, 6) is -1.07. The first-order valence-electron chi connectivity index (χ1n) is 13.0. The lowest BCUT2D eigenvalue weighted by Gasteiger charge is -2.23. The van der Waals surface area contributed by atoms with Gasteiger partial charge in [-0.25, -0.2) is 8.78 Å². The molecular weight excluding hydrogens is 422 g/mol. The summed E-state index contributed by atoms with van der Waals surface area (Å²) in [5.41, 5.74) is 6.57. The van der Waals surface area contributed by atoms with E-state index in [1.807, 2.05) is 0 Å². The molecule has 34 heavy (non-hydrogen) atoms. The van der Waals surface area contributed by atoms with E-state index in [-0.39, 0.29) is 0 Å². The molecule has 1 atom stereocenters. The van der Waals surface area contributed by atoms with Gasteiger partial charge < -0.3 is 0 Å². The lowest BCUT2D eigenvalue weighted by Crippen LogP contribution is -2.05. The van der Waals surface area contributed by atoms with Gasteiger partial charge >= 0.3 is 0 Å². The summed E-state index contributed by atoms with van der Waals surface area (Å²) in [4.78, 5) is 0. The summed E-state index contributed by atoms with van der Waals surface area (Å²) in [5, 5.41) is 0. The molecule has 0 aromatic heterocycles. The summed E-state index contributed by atoms with van der Waals surface area (Å²) < 4.78 is 27.7. The lowest BCUT2D eigenvalue weighted by atomic mass is 9.82. The highest BCUT2D eigenvalue weighted by molar-refractivity contribution is 5.67. The first-order chi connectivity index (χ1) is 16.7.